The van der Waals surface area contributed by atoms with E-state index in [0.717, 1.165) is 31.6 Å². The normalized spacial score (nSPS) is 11.4. The van der Waals surface area contributed by atoms with Gasteiger partial charge in [0, 0.05) is 26.6 Å². The predicted molar refractivity (Wildman–Crippen MR) is 67.8 cm³/mol. The number of methoxy groups -OCH3 is 1. The quantitative estimate of drug-likeness (QED) is 0.742. The number of aromatic nitrogens is 3. The second-order valence-electron chi connectivity index (χ2n) is 4.66. The third kappa shape index (κ3) is 4.44. The SMILES string of the molecule is CNCc1nnn(CCC(C)C)c1CCOC. The molecule has 0 aromatic carbocycles. The van der Waals surface area contributed by atoms with E-state index in [1.165, 1.54) is 5.69 Å². The first-order valence-corrected chi connectivity index (χ1v) is 6.23. The highest BCUT2D eigenvalue weighted by atomic mass is 16.5. The minimum atomic E-state index is 0.683. The largest absolute Gasteiger partial charge is 0.384 e. The van der Waals surface area contributed by atoms with E-state index in [-0.39, 0.29) is 0 Å². The van der Waals surface area contributed by atoms with Crippen LogP contribution < -0.4 is 5.32 Å². The maximum absolute atomic E-state index is 5.14. The molecule has 0 unspecified atom stereocenters. The van der Waals surface area contributed by atoms with Gasteiger partial charge in [-0.3, -0.25) is 0 Å². The van der Waals surface area contributed by atoms with Gasteiger partial charge in [-0.05, 0) is 19.4 Å². The molecule has 1 aromatic rings. The molecule has 1 N–H and O–H groups in total. The third-order valence-corrected chi connectivity index (χ3v) is 2.72. The van der Waals surface area contributed by atoms with Gasteiger partial charge < -0.3 is 10.1 Å². The zero-order valence-corrected chi connectivity index (χ0v) is 11.4. The number of nitrogens with zero attached hydrogens (tertiary/aromatic N) is 3. The molecule has 5 heteroatoms. The molecule has 0 spiro atoms. The van der Waals surface area contributed by atoms with Crippen molar-refractivity contribution in [2.24, 2.45) is 5.92 Å². The molecular weight excluding hydrogens is 216 g/mol. The highest BCUT2D eigenvalue weighted by molar-refractivity contribution is 5.10. The summed E-state index contributed by atoms with van der Waals surface area (Å²) in [5, 5.41) is 11.6. The molecule has 0 aliphatic carbocycles. The van der Waals surface area contributed by atoms with E-state index in [1.807, 2.05) is 11.7 Å². The van der Waals surface area contributed by atoms with Crippen molar-refractivity contribution in [1.82, 2.24) is 20.3 Å². The summed E-state index contributed by atoms with van der Waals surface area (Å²) in [6.45, 7) is 6.86. The number of hydrogen-bond donors (Lipinski definition) is 1. The van der Waals surface area contributed by atoms with Crippen LogP contribution in [0.4, 0.5) is 0 Å². The van der Waals surface area contributed by atoms with E-state index in [2.05, 4.69) is 29.5 Å². The molecule has 0 amide bonds. The molecule has 1 aromatic heterocycles. The zero-order valence-electron chi connectivity index (χ0n) is 11.4. The van der Waals surface area contributed by atoms with Gasteiger partial charge in [0.1, 0.15) is 0 Å². The Balaban J connectivity index is 2.72. The van der Waals surface area contributed by atoms with Gasteiger partial charge in [0.15, 0.2) is 0 Å². The lowest BCUT2D eigenvalue weighted by molar-refractivity contribution is 0.199. The van der Waals surface area contributed by atoms with Crippen LogP contribution in [0.2, 0.25) is 0 Å². The highest BCUT2D eigenvalue weighted by Gasteiger charge is 2.12. The van der Waals surface area contributed by atoms with Crippen molar-refractivity contribution in [2.45, 2.75) is 39.8 Å². The molecule has 1 heterocycles. The van der Waals surface area contributed by atoms with E-state index >= 15 is 0 Å². The van der Waals surface area contributed by atoms with Crippen LogP contribution in [0.3, 0.4) is 0 Å². The lowest BCUT2D eigenvalue weighted by Crippen LogP contribution is -2.13. The molecule has 0 saturated carbocycles. The van der Waals surface area contributed by atoms with Crippen LogP contribution in [0.25, 0.3) is 0 Å². The Hall–Kier alpha value is -0.940. The van der Waals surface area contributed by atoms with E-state index in [0.29, 0.717) is 12.5 Å². The highest BCUT2D eigenvalue weighted by Crippen LogP contribution is 2.10. The molecule has 0 saturated heterocycles. The third-order valence-electron chi connectivity index (χ3n) is 2.72. The van der Waals surface area contributed by atoms with Gasteiger partial charge in [-0.25, -0.2) is 4.68 Å². The first kappa shape index (κ1) is 14.1. The molecule has 17 heavy (non-hydrogen) atoms. The van der Waals surface area contributed by atoms with Crippen molar-refractivity contribution in [3.05, 3.63) is 11.4 Å². The number of rotatable bonds is 8. The zero-order chi connectivity index (χ0) is 12.7. The van der Waals surface area contributed by atoms with Crippen molar-refractivity contribution in [1.29, 1.82) is 0 Å². The molecule has 98 valence electrons. The fourth-order valence-corrected chi connectivity index (χ4v) is 1.71. The van der Waals surface area contributed by atoms with Crippen LogP contribution in [0.15, 0.2) is 0 Å². The summed E-state index contributed by atoms with van der Waals surface area (Å²) in [6, 6.07) is 0. The van der Waals surface area contributed by atoms with E-state index in [1.54, 1.807) is 7.11 Å². The second kappa shape index (κ2) is 7.40. The summed E-state index contributed by atoms with van der Waals surface area (Å²) in [5.41, 5.74) is 2.23. The molecule has 0 aliphatic heterocycles. The van der Waals surface area contributed by atoms with Gasteiger partial charge in [-0.1, -0.05) is 19.1 Å². The summed E-state index contributed by atoms with van der Waals surface area (Å²) in [4.78, 5) is 0. The fourth-order valence-electron chi connectivity index (χ4n) is 1.71. The summed E-state index contributed by atoms with van der Waals surface area (Å²) in [6.07, 6.45) is 2.00. The summed E-state index contributed by atoms with van der Waals surface area (Å²) >= 11 is 0. The topological polar surface area (TPSA) is 52.0 Å². The van der Waals surface area contributed by atoms with Crippen LogP contribution in [-0.2, 0) is 24.2 Å². The minimum absolute atomic E-state index is 0.683. The lowest BCUT2D eigenvalue weighted by atomic mass is 10.1. The van der Waals surface area contributed by atoms with Crippen molar-refractivity contribution >= 4 is 0 Å². The Labute approximate surface area is 104 Å². The number of hydrogen-bond acceptors (Lipinski definition) is 4. The van der Waals surface area contributed by atoms with E-state index < -0.39 is 0 Å². The number of nitrogens with one attached hydrogen (secondary N) is 1. The number of ether oxygens (including phenoxy) is 1. The fraction of sp³-hybridized carbons (Fsp3) is 0.833. The summed E-state index contributed by atoms with van der Waals surface area (Å²) in [7, 11) is 3.65. The monoisotopic (exact) mass is 240 g/mol. The molecule has 0 aliphatic rings. The lowest BCUT2D eigenvalue weighted by Gasteiger charge is -2.09. The summed E-state index contributed by atoms with van der Waals surface area (Å²) < 4.78 is 7.16. The van der Waals surface area contributed by atoms with Gasteiger partial charge in [-0.2, -0.15) is 0 Å². The number of aryl methyl sites for hydroxylation is 1. The summed E-state index contributed by atoms with van der Waals surface area (Å²) in [5.74, 6) is 0.683. The Bertz CT molecular complexity index is 322. The van der Waals surface area contributed by atoms with E-state index in [9.17, 15) is 0 Å². The Kier molecular flexibility index (Phi) is 6.15. The average molecular weight is 240 g/mol. The Morgan fingerprint density at radius 2 is 2.18 bits per heavy atom. The standard InChI is InChI=1S/C12H24N4O/c1-10(2)5-7-16-12(6-8-17-4)11(9-13-3)14-15-16/h10,13H,5-9H2,1-4H3. The van der Waals surface area contributed by atoms with Crippen LogP contribution in [0.1, 0.15) is 31.7 Å². The van der Waals surface area contributed by atoms with Gasteiger partial charge >= 0.3 is 0 Å². The van der Waals surface area contributed by atoms with Gasteiger partial charge in [0.2, 0.25) is 0 Å². The minimum Gasteiger partial charge on any atom is -0.384 e. The van der Waals surface area contributed by atoms with Crippen molar-refractivity contribution in [2.75, 3.05) is 20.8 Å². The molecule has 0 fully saturated rings. The molecular formula is C12H24N4O. The first-order chi connectivity index (χ1) is 8.19. The van der Waals surface area contributed by atoms with Gasteiger partial charge in [-0.15, -0.1) is 5.10 Å². The van der Waals surface area contributed by atoms with Crippen LogP contribution >= 0.6 is 0 Å². The van der Waals surface area contributed by atoms with Crippen LogP contribution in [-0.4, -0.2) is 35.8 Å². The molecule has 0 bridgehead atoms. The van der Waals surface area contributed by atoms with Crippen molar-refractivity contribution < 1.29 is 4.74 Å². The molecule has 1 rings (SSSR count). The molecule has 0 radical (unpaired) electrons. The Morgan fingerprint density at radius 3 is 2.76 bits per heavy atom. The van der Waals surface area contributed by atoms with Crippen molar-refractivity contribution in [3.63, 3.8) is 0 Å². The second-order valence-corrected chi connectivity index (χ2v) is 4.66. The predicted octanol–water partition coefficient (Wildman–Crippen LogP) is 1.23. The van der Waals surface area contributed by atoms with Crippen molar-refractivity contribution in [3.8, 4) is 0 Å². The van der Waals surface area contributed by atoms with Gasteiger partial charge in [0.05, 0.1) is 18.0 Å². The average Bonchev–Trinajstić information content (AvgIpc) is 2.67. The maximum Gasteiger partial charge on any atom is 0.0997 e. The van der Waals surface area contributed by atoms with E-state index in [4.69, 9.17) is 4.74 Å². The smallest absolute Gasteiger partial charge is 0.0997 e. The van der Waals surface area contributed by atoms with Gasteiger partial charge in [0.25, 0.3) is 0 Å². The Morgan fingerprint density at radius 1 is 1.41 bits per heavy atom. The van der Waals surface area contributed by atoms with Crippen LogP contribution in [0, 0.1) is 5.92 Å². The first-order valence-electron chi connectivity index (χ1n) is 6.23. The molecule has 0 atom stereocenters. The molecule has 5 nitrogen and oxygen atoms in total. The van der Waals surface area contributed by atoms with Crippen LogP contribution in [0.5, 0.6) is 0 Å². The maximum atomic E-state index is 5.14.